The molecule has 0 radical (unpaired) electrons. The lowest BCUT2D eigenvalue weighted by Gasteiger charge is -2.23. The fourth-order valence-electron chi connectivity index (χ4n) is 2.08. The molecule has 1 aliphatic carbocycles. The molecule has 1 fully saturated rings. The summed E-state index contributed by atoms with van der Waals surface area (Å²) in [5.74, 6) is 2.25. The lowest BCUT2D eigenvalue weighted by Crippen LogP contribution is -2.25. The third-order valence-electron chi connectivity index (χ3n) is 3.25. The Morgan fingerprint density at radius 1 is 1.42 bits per heavy atom. The van der Waals surface area contributed by atoms with E-state index in [0.29, 0.717) is 16.9 Å². The number of alkyl halides is 1. The van der Waals surface area contributed by atoms with Gasteiger partial charge in [-0.2, -0.15) is 0 Å². The number of anilines is 1. The standard InChI is InChI=1S/C14H14Cl2N2O/c15-7-10-6-14(17-8-13(10)16)18(11-3-4-11)9-12-2-1-5-19-12/h1-2,5-6,8,11H,3-4,7,9H2. The van der Waals surface area contributed by atoms with Crippen molar-refractivity contribution in [1.82, 2.24) is 4.98 Å². The number of halogens is 2. The van der Waals surface area contributed by atoms with Crippen molar-refractivity contribution in [2.45, 2.75) is 31.3 Å². The van der Waals surface area contributed by atoms with Crippen molar-refractivity contribution in [1.29, 1.82) is 0 Å². The molecule has 0 aromatic carbocycles. The van der Waals surface area contributed by atoms with E-state index in [0.717, 1.165) is 23.7 Å². The monoisotopic (exact) mass is 296 g/mol. The first kappa shape index (κ1) is 12.8. The molecule has 2 aromatic rings. The first-order chi connectivity index (χ1) is 9.28. The summed E-state index contributed by atoms with van der Waals surface area (Å²) in [7, 11) is 0. The summed E-state index contributed by atoms with van der Waals surface area (Å²) in [5.41, 5.74) is 0.915. The highest BCUT2D eigenvalue weighted by Gasteiger charge is 2.30. The third-order valence-corrected chi connectivity index (χ3v) is 3.88. The highest BCUT2D eigenvalue weighted by atomic mass is 35.5. The van der Waals surface area contributed by atoms with E-state index >= 15 is 0 Å². The van der Waals surface area contributed by atoms with Gasteiger partial charge in [-0.15, -0.1) is 11.6 Å². The molecule has 0 unspecified atom stereocenters. The van der Waals surface area contributed by atoms with Gasteiger partial charge in [0.2, 0.25) is 0 Å². The van der Waals surface area contributed by atoms with Crippen LogP contribution in [0.1, 0.15) is 24.2 Å². The normalized spacial score (nSPS) is 14.6. The van der Waals surface area contributed by atoms with Crippen molar-refractivity contribution in [3.63, 3.8) is 0 Å². The molecule has 0 spiro atoms. The van der Waals surface area contributed by atoms with Gasteiger partial charge >= 0.3 is 0 Å². The number of hydrogen-bond acceptors (Lipinski definition) is 3. The topological polar surface area (TPSA) is 29.3 Å². The second kappa shape index (κ2) is 5.43. The predicted molar refractivity (Wildman–Crippen MR) is 76.7 cm³/mol. The summed E-state index contributed by atoms with van der Waals surface area (Å²) in [6.07, 6.45) is 5.76. The van der Waals surface area contributed by atoms with Crippen molar-refractivity contribution in [3.8, 4) is 0 Å². The zero-order valence-electron chi connectivity index (χ0n) is 10.4. The first-order valence-electron chi connectivity index (χ1n) is 6.27. The molecule has 0 amide bonds. The molecule has 0 aliphatic heterocycles. The summed E-state index contributed by atoms with van der Waals surface area (Å²) >= 11 is 12.0. The van der Waals surface area contributed by atoms with Gasteiger partial charge in [0.05, 0.1) is 17.8 Å². The number of aromatic nitrogens is 1. The van der Waals surface area contributed by atoms with Crippen LogP contribution in [0.2, 0.25) is 5.02 Å². The van der Waals surface area contributed by atoms with E-state index in [1.54, 1.807) is 12.5 Å². The Labute approximate surface area is 122 Å². The number of rotatable bonds is 5. The number of hydrogen-bond donors (Lipinski definition) is 0. The molecule has 5 heteroatoms. The van der Waals surface area contributed by atoms with Gasteiger partial charge in [-0.3, -0.25) is 0 Å². The van der Waals surface area contributed by atoms with E-state index in [-0.39, 0.29) is 0 Å². The van der Waals surface area contributed by atoms with Crippen molar-refractivity contribution >= 4 is 29.0 Å². The van der Waals surface area contributed by atoms with E-state index in [4.69, 9.17) is 27.6 Å². The summed E-state index contributed by atoms with van der Waals surface area (Å²) in [4.78, 5) is 6.68. The molecule has 1 aliphatic rings. The fourth-order valence-corrected chi connectivity index (χ4v) is 2.54. The SMILES string of the molecule is ClCc1cc(N(Cc2ccco2)C2CC2)ncc1Cl. The Bertz CT molecular complexity index is 553. The highest BCUT2D eigenvalue weighted by Crippen LogP contribution is 2.33. The zero-order chi connectivity index (χ0) is 13.2. The highest BCUT2D eigenvalue weighted by molar-refractivity contribution is 6.32. The maximum Gasteiger partial charge on any atom is 0.129 e. The van der Waals surface area contributed by atoms with Crippen LogP contribution in [0.5, 0.6) is 0 Å². The van der Waals surface area contributed by atoms with Crippen LogP contribution in [0.4, 0.5) is 5.82 Å². The molecule has 100 valence electrons. The fraction of sp³-hybridized carbons (Fsp3) is 0.357. The first-order valence-corrected chi connectivity index (χ1v) is 7.18. The van der Waals surface area contributed by atoms with Gasteiger partial charge in [-0.05, 0) is 36.6 Å². The van der Waals surface area contributed by atoms with Gasteiger partial charge in [0.15, 0.2) is 0 Å². The molecule has 2 aromatic heterocycles. The molecule has 1 saturated carbocycles. The van der Waals surface area contributed by atoms with Crippen molar-refractivity contribution in [3.05, 3.63) is 47.0 Å². The maximum atomic E-state index is 6.05. The predicted octanol–water partition coefficient (Wildman–Crippen LogP) is 4.24. The van der Waals surface area contributed by atoms with Crippen LogP contribution < -0.4 is 4.90 Å². The number of pyridine rings is 1. The number of nitrogens with zero attached hydrogens (tertiary/aromatic N) is 2. The molecular weight excluding hydrogens is 283 g/mol. The second-order valence-corrected chi connectivity index (χ2v) is 5.38. The van der Waals surface area contributed by atoms with E-state index in [9.17, 15) is 0 Å². The van der Waals surface area contributed by atoms with E-state index in [2.05, 4.69) is 9.88 Å². The Morgan fingerprint density at radius 2 is 2.26 bits per heavy atom. The zero-order valence-corrected chi connectivity index (χ0v) is 11.9. The van der Waals surface area contributed by atoms with Gasteiger partial charge < -0.3 is 9.32 Å². The Hall–Kier alpha value is -1.19. The molecule has 3 rings (SSSR count). The van der Waals surface area contributed by atoms with Gasteiger partial charge in [-0.25, -0.2) is 4.98 Å². The lowest BCUT2D eigenvalue weighted by molar-refractivity contribution is 0.500. The van der Waals surface area contributed by atoms with Crippen LogP contribution in [0.15, 0.2) is 35.1 Å². The largest absolute Gasteiger partial charge is 0.467 e. The molecular formula is C14H14Cl2N2O. The summed E-state index contributed by atoms with van der Waals surface area (Å²) in [6.45, 7) is 0.730. The van der Waals surface area contributed by atoms with Gasteiger partial charge in [0.1, 0.15) is 11.6 Å². The molecule has 19 heavy (non-hydrogen) atoms. The Morgan fingerprint density at radius 3 is 2.89 bits per heavy atom. The smallest absolute Gasteiger partial charge is 0.129 e. The quantitative estimate of drug-likeness (QED) is 0.773. The Balaban J connectivity index is 1.87. The average Bonchev–Trinajstić information content (AvgIpc) is 3.14. The minimum absolute atomic E-state index is 0.396. The molecule has 0 bridgehead atoms. The van der Waals surface area contributed by atoms with Gasteiger partial charge in [0.25, 0.3) is 0 Å². The van der Waals surface area contributed by atoms with Crippen molar-refractivity contribution in [2.75, 3.05) is 4.90 Å². The van der Waals surface area contributed by atoms with Crippen LogP contribution in [-0.4, -0.2) is 11.0 Å². The van der Waals surface area contributed by atoms with Gasteiger partial charge in [-0.1, -0.05) is 11.6 Å². The molecule has 3 nitrogen and oxygen atoms in total. The lowest BCUT2D eigenvalue weighted by atomic mass is 10.2. The maximum absolute atomic E-state index is 6.05. The molecule has 0 saturated heterocycles. The number of furan rings is 1. The summed E-state index contributed by atoms with van der Waals surface area (Å²) in [6, 6.07) is 6.39. The van der Waals surface area contributed by atoms with Crippen LogP contribution >= 0.6 is 23.2 Å². The van der Waals surface area contributed by atoms with Crippen molar-refractivity contribution in [2.24, 2.45) is 0 Å². The minimum Gasteiger partial charge on any atom is -0.467 e. The minimum atomic E-state index is 0.396. The summed E-state index contributed by atoms with van der Waals surface area (Å²) in [5, 5.41) is 0.618. The van der Waals surface area contributed by atoms with Crippen molar-refractivity contribution < 1.29 is 4.42 Å². The molecule has 0 N–H and O–H groups in total. The molecule has 0 atom stereocenters. The van der Waals surface area contributed by atoms with Crippen LogP contribution in [0.3, 0.4) is 0 Å². The average molecular weight is 297 g/mol. The van der Waals surface area contributed by atoms with Gasteiger partial charge in [0, 0.05) is 18.1 Å². The van der Waals surface area contributed by atoms with Crippen LogP contribution in [-0.2, 0) is 12.4 Å². The Kier molecular flexibility index (Phi) is 3.67. The second-order valence-electron chi connectivity index (χ2n) is 4.71. The van der Waals surface area contributed by atoms with Crippen LogP contribution in [0.25, 0.3) is 0 Å². The van der Waals surface area contributed by atoms with Crippen LogP contribution in [0, 0.1) is 0 Å². The summed E-state index contributed by atoms with van der Waals surface area (Å²) < 4.78 is 5.42. The molecule has 2 heterocycles. The third kappa shape index (κ3) is 2.88. The van der Waals surface area contributed by atoms with E-state index < -0.39 is 0 Å². The van der Waals surface area contributed by atoms with E-state index in [1.165, 1.54) is 12.8 Å². The van der Waals surface area contributed by atoms with E-state index in [1.807, 2.05) is 18.2 Å².